The van der Waals surface area contributed by atoms with Crippen LogP contribution in [0.1, 0.15) is 29.8 Å². The van der Waals surface area contributed by atoms with Gasteiger partial charge in [0.25, 0.3) is 0 Å². The van der Waals surface area contributed by atoms with Gasteiger partial charge in [-0.05, 0) is 30.4 Å². The molecule has 3 N–H and O–H groups in total. The SMILES string of the molecule is CN=C(NCCCc1cc2c(OC)cc(OC)cc2[nH]1)NCC(C)c1cccs1.I. The summed E-state index contributed by atoms with van der Waals surface area (Å²) in [5, 5.41) is 10.0. The number of fused-ring (bicyclic) bond motifs is 1. The standard InChI is InChI=1S/C22H30N4O2S.HI/c1-15(21-8-6-10-29-21)14-25-22(23-2)24-9-5-7-16-11-18-19(26-16)12-17(27-3)13-20(18)28-4;/h6,8,10-13,15,26H,5,7,9,14H2,1-4H3,(H2,23,24,25);1H. The smallest absolute Gasteiger partial charge is 0.190 e. The first-order chi connectivity index (χ1) is 14.1. The molecule has 0 aliphatic rings. The Morgan fingerprint density at radius 2 is 2.03 bits per heavy atom. The van der Waals surface area contributed by atoms with Crippen molar-refractivity contribution in [3.05, 3.63) is 46.3 Å². The average molecular weight is 542 g/mol. The minimum absolute atomic E-state index is 0. The van der Waals surface area contributed by atoms with E-state index in [1.807, 2.05) is 19.2 Å². The highest BCUT2D eigenvalue weighted by molar-refractivity contribution is 14.0. The lowest BCUT2D eigenvalue weighted by molar-refractivity contribution is 0.398. The van der Waals surface area contributed by atoms with Crippen LogP contribution in [-0.2, 0) is 6.42 Å². The van der Waals surface area contributed by atoms with E-state index in [4.69, 9.17) is 9.47 Å². The number of aryl methyl sites for hydroxylation is 1. The van der Waals surface area contributed by atoms with Crippen molar-refractivity contribution in [3.8, 4) is 11.5 Å². The van der Waals surface area contributed by atoms with Crippen LogP contribution in [0.2, 0.25) is 0 Å². The Kier molecular flexibility index (Phi) is 9.77. The second-order valence-corrected chi connectivity index (χ2v) is 7.96. The van der Waals surface area contributed by atoms with Gasteiger partial charge in [-0.15, -0.1) is 35.3 Å². The molecule has 8 heteroatoms. The van der Waals surface area contributed by atoms with Crippen molar-refractivity contribution in [1.29, 1.82) is 0 Å². The third-order valence-corrected chi connectivity index (χ3v) is 6.03. The lowest BCUT2D eigenvalue weighted by Gasteiger charge is -2.15. The molecule has 2 aromatic heterocycles. The quantitative estimate of drug-likeness (QED) is 0.158. The monoisotopic (exact) mass is 542 g/mol. The first-order valence-electron chi connectivity index (χ1n) is 9.86. The molecule has 3 aromatic rings. The van der Waals surface area contributed by atoms with Gasteiger partial charge >= 0.3 is 0 Å². The van der Waals surface area contributed by atoms with Crippen LogP contribution in [0, 0.1) is 0 Å². The van der Waals surface area contributed by atoms with Crippen molar-refractivity contribution in [1.82, 2.24) is 15.6 Å². The maximum atomic E-state index is 5.49. The number of hydrogen-bond donors (Lipinski definition) is 3. The van der Waals surface area contributed by atoms with Crippen molar-refractivity contribution in [2.24, 2.45) is 4.99 Å². The van der Waals surface area contributed by atoms with Crippen LogP contribution >= 0.6 is 35.3 Å². The molecule has 0 aliphatic carbocycles. The first kappa shape index (κ1) is 24.3. The molecular formula is C22H31IN4O2S. The normalized spacial score (nSPS) is 12.3. The lowest BCUT2D eigenvalue weighted by Crippen LogP contribution is -2.39. The van der Waals surface area contributed by atoms with E-state index in [1.54, 1.807) is 25.6 Å². The predicted octanol–water partition coefficient (Wildman–Crippen LogP) is 4.77. The molecule has 1 unspecified atom stereocenters. The van der Waals surface area contributed by atoms with E-state index in [0.29, 0.717) is 5.92 Å². The fraction of sp³-hybridized carbons (Fsp3) is 0.409. The Labute approximate surface area is 199 Å². The van der Waals surface area contributed by atoms with Crippen LogP contribution < -0.4 is 20.1 Å². The van der Waals surface area contributed by atoms with Crippen molar-refractivity contribution >= 4 is 52.2 Å². The number of aliphatic imine (C=N–C) groups is 1. The van der Waals surface area contributed by atoms with Crippen LogP contribution in [0.4, 0.5) is 0 Å². The van der Waals surface area contributed by atoms with Crippen LogP contribution in [0.3, 0.4) is 0 Å². The summed E-state index contributed by atoms with van der Waals surface area (Å²) in [6, 6.07) is 10.3. The largest absolute Gasteiger partial charge is 0.497 e. The third-order valence-electron chi connectivity index (χ3n) is 4.93. The summed E-state index contributed by atoms with van der Waals surface area (Å²) >= 11 is 1.80. The number of rotatable bonds is 9. The van der Waals surface area contributed by atoms with Crippen LogP contribution in [0.5, 0.6) is 11.5 Å². The van der Waals surface area contributed by atoms with E-state index in [-0.39, 0.29) is 24.0 Å². The van der Waals surface area contributed by atoms with Gasteiger partial charge in [0, 0.05) is 54.1 Å². The van der Waals surface area contributed by atoms with E-state index in [1.165, 1.54) is 10.6 Å². The van der Waals surface area contributed by atoms with Crippen LogP contribution in [0.15, 0.2) is 40.7 Å². The van der Waals surface area contributed by atoms with Crippen molar-refractivity contribution in [3.63, 3.8) is 0 Å². The van der Waals surface area contributed by atoms with E-state index >= 15 is 0 Å². The molecule has 0 fully saturated rings. The second kappa shape index (κ2) is 12.0. The molecular weight excluding hydrogens is 511 g/mol. The van der Waals surface area contributed by atoms with Gasteiger partial charge < -0.3 is 25.1 Å². The molecule has 0 aliphatic heterocycles. The molecule has 6 nitrogen and oxygen atoms in total. The van der Waals surface area contributed by atoms with Gasteiger partial charge in [-0.3, -0.25) is 4.99 Å². The van der Waals surface area contributed by atoms with Crippen molar-refractivity contribution in [2.45, 2.75) is 25.7 Å². The van der Waals surface area contributed by atoms with E-state index < -0.39 is 0 Å². The molecule has 0 saturated heterocycles. The Morgan fingerprint density at radius 3 is 2.70 bits per heavy atom. The number of hydrogen-bond acceptors (Lipinski definition) is 4. The summed E-state index contributed by atoms with van der Waals surface area (Å²) < 4.78 is 10.8. The minimum Gasteiger partial charge on any atom is -0.497 e. The zero-order chi connectivity index (χ0) is 20.6. The van der Waals surface area contributed by atoms with Gasteiger partial charge in [0.05, 0.1) is 19.7 Å². The lowest BCUT2D eigenvalue weighted by atomic mass is 10.1. The molecule has 0 saturated carbocycles. The van der Waals surface area contributed by atoms with Gasteiger partial charge in [0.2, 0.25) is 0 Å². The Hall–Kier alpha value is -1.94. The number of ether oxygens (including phenoxy) is 2. The summed E-state index contributed by atoms with van der Waals surface area (Å²) in [7, 11) is 5.16. The number of guanidine groups is 1. The van der Waals surface area contributed by atoms with Crippen LogP contribution in [-0.4, -0.2) is 45.3 Å². The summed E-state index contributed by atoms with van der Waals surface area (Å²) in [6.07, 6.45) is 1.93. The number of benzene rings is 1. The summed E-state index contributed by atoms with van der Waals surface area (Å²) in [5.74, 6) is 2.92. The Balaban J connectivity index is 0.00000320. The maximum Gasteiger partial charge on any atom is 0.190 e. The van der Waals surface area contributed by atoms with Crippen LogP contribution in [0.25, 0.3) is 10.9 Å². The number of halogens is 1. The van der Waals surface area contributed by atoms with Gasteiger partial charge in [0.1, 0.15) is 11.5 Å². The fourth-order valence-electron chi connectivity index (χ4n) is 3.29. The topological polar surface area (TPSA) is 70.7 Å². The summed E-state index contributed by atoms with van der Waals surface area (Å²) in [6.45, 7) is 3.94. The number of thiophene rings is 1. The number of methoxy groups -OCH3 is 2. The summed E-state index contributed by atoms with van der Waals surface area (Å²) in [5.41, 5.74) is 2.21. The fourth-order valence-corrected chi connectivity index (χ4v) is 4.07. The molecule has 1 atom stereocenters. The molecule has 0 radical (unpaired) electrons. The molecule has 0 amide bonds. The zero-order valence-corrected chi connectivity index (χ0v) is 21.1. The number of nitrogens with zero attached hydrogens (tertiary/aromatic N) is 1. The van der Waals surface area contributed by atoms with Gasteiger partial charge in [0.15, 0.2) is 5.96 Å². The van der Waals surface area contributed by atoms with Gasteiger partial charge in [-0.2, -0.15) is 0 Å². The predicted molar refractivity (Wildman–Crippen MR) is 137 cm³/mol. The number of aromatic amines is 1. The summed E-state index contributed by atoms with van der Waals surface area (Å²) in [4.78, 5) is 9.18. The molecule has 164 valence electrons. The molecule has 2 heterocycles. The number of H-pyrrole nitrogens is 1. The molecule has 0 spiro atoms. The molecule has 30 heavy (non-hydrogen) atoms. The first-order valence-corrected chi connectivity index (χ1v) is 10.7. The van der Waals surface area contributed by atoms with E-state index in [2.05, 4.69) is 51.1 Å². The zero-order valence-electron chi connectivity index (χ0n) is 18.0. The van der Waals surface area contributed by atoms with E-state index in [9.17, 15) is 0 Å². The highest BCUT2D eigenvalue weighted by Crippen LogP contribution is 2.31. The third kappa shape index (κ3) is 6.28. The molecule has 3 rings (SSSR count). The number of nitrogens with one attached hydrogen (secondary N) is 3. The highest BCUT2D eigenvalue weighted by atomic mass is 127. The molecule has 1 aromatic carbocycles. The van der Waals surface area contributed by atoms with Gasteiger partial charge in [-0.25, -0.2) is 0 Å². The number of aromatic nitrogens is 1. The minimum atomic E-state index is 0. The van der Waals surface area contributed by atoms with Gasteiger partial charge in [-0.1, -0.05) is 13.0 Å². The second-order valence-electron chi connectivity index (χ2n) is 6.99. The highest BCUT2D eigenvalue weighted by Gasteiger charge is 2.10. The maximum absolute atomic E-state index is 5.49. The molecule has 0 bridgehead atoms. The van der Waals surface area contributed by atoms with Crippen molar-refractivity contribution in [2.75, 3.05) is 34.4 Å². The Morgan fingerprint density at radius 1 is 1.20 bits per heavy atom. The van der Waals surface area contributed by atoms with Crippen molar-refractivity contribution < 1.29 is 9.47 Å². The Bertz CT molecular complexity index is 940. The van der Waals surface area contributed by atoms with E-state index in [0.717, 1.165) is 54.3 Å². The average Bonchev–Trinajstić information content (AvgIpc) is 3.41.